The molecule has 0 amide bonds. The van der Waals surface area contributed by atoms with Gasteiger partial charge in [-0.15, -0.1) is 0 Å². The Balaban J connectivity index is 1.85. The van der Waals surface area contributed by atoms with E-state index in [2.05, 4.69) is 5.32 Å². The second-order valence-corrected chi connectivity index (χ2v) is 9.44. The van der Waals surface area contributed by atoms with Crippen LogP contribution in [0.1, 0.15) is 16.7 Å². The molecule has 0 fully saturated rings. The van der Waals surface area contributed by atoms with Crippen molar-refractivity contribution in [2.24, 2.45) is 4.99 Å². The SMILES string of the molecule is Cc1ccc(C(=Nc2ccccc2)NC(=Cc2ccccc2)S(=O)(=O)c2ccccc2)cc1. The molecular weight excluding hydrogens is 428 g/mol. The Morgan fingerprint density at radius 3 is 1.88 bits per heavy atom. The molecule has 0 spiro atoms. The minimum absolute atomic E-state index is 0.0511. The standard InChI is InChI=1S/C28H24N2O2S/c1-22-17-19-24(20-18-22)28(29-25-13-7-3-8-14-25)30-27(21-23-11-5-2-6-12-23)33(31,32)26-15-9-4-10-16-26/h2-21H,1H3,(H,29,30). The molecule has 1 N–H and O–H groups in total. The summed E-state index contributed by atoms with van der Waals surface area (Å²) in [5.41, 5.74) is 3.38. The summed E-state index contributed by atoms with van der Waals surface area (Å²) in [6.07, 6.45) is 1.64. The van der Waals surface area contributed by atoms with E-state index in [-0.39, 0.29) is 9.92 Å². The lowest BCUT2D eigenvalue weighted by molar-refractivity contribution is 0.600. The molecule has 0 aliphatic carbocycles. The van der Waals surface area contributed by atoms with Crippen LogP contribution in [0.4, 0.5) is 5.69 Å². The summed E-state index contributed by atoms with van der Waals surface area (Å²) in [4.78, 5) is 4.96. The maximum absolute atomic E-state index is 13.6. The highest BCUT2D eigenvalue weighted by atomic mass is 32.2. The number of para-hydroxylation sites is 1. The number of aryl methyl sites for hydroxylation is 1. The first-order valence-corrected chi connectivity index (χ1v) is 12.1. The van der Waals surface area contributed by atoms with Crippen molar-refractivity contribution in [2.45, 2.75) is 11.8 Å². The van der Waals surface area contributed by atoms with Gasteiger partial charge in [0.1, 0.15) is 10.9 Å². The van der Waals surface area contributed by atoms with Gasteiger partial charge in [0.25, 0.3) is 0 Å². The van der Waals surface area contributed by atoms with Crippen LogP contribution in [0.25, 0.3) is 6.08 Å². The first-order valence-electron chi connectivity index (χ1n) is 10.6. The predicted octanol–water partition coefficient (Wildman–Crippen LogP) is 6.14. The van der Waals surface area contributed by atoms with Crippen molar-refractivity contribution >= 4 is 27.4 Å². The van der Waals surface area contributed by atoms with Gasteiger partial charge in [0, 0.05) is 5.56 Å². The molecule has 4 nitrogen and oxygen atoms in total. The molecule has 0 aliphatic rings. The maximum Gasteiger partial charge on any atom is 0.221 e. The summed E-state index contributed by atoms with van der Waals surface area (Å²) in [6.45, 7) is 2.01. The topological polar surface area (TPSA) is 58.5 Å². The van der Waals surface area contributed by atoms with Gasteiger partial charge in [-0.25, -0.2) is 13.4 Å². The fraction of sp³-hybridized carbons (Fsp3) is 0.0357. The number of hydrogen-bond acceptors (Lipinski definition) is 3. The van der Waals surface area contributed by atoms with Crippen LogP contribution in [0.2, 0.25) is 0 Å². The van der Waals surface area contributed by atoms with Crippen molar-refractivity contribution < 1.29 is 8.42 Å². The smallest absolute Gasteiger partial charge is 0.221 e. The Morgan fingerprint density at radius 2 is 1.27 bits per heavy atom. The van der Waals surface area contributed by atoms with Crippen molar-refractivity contribution in [1.82, 2.24) is 5.32 Å². The van der Waals surface area contributed by atoms with Crippen molar-refractivity contribution in [3.8, 4) is 0 Å². The zero-order valence-electron chi connectivity index (χ0n) is 18.2. The third kappa shape index (κ3) is 5.64. The maximum atomic E-state index is 13.6. The fourth-order valence-corrected chi connectivity index (χ4v) is 4.52. The number of benzene rings is 4. The summed E-state index contributed by atoms with van der Waals surface area (Å²) in [6, 6.07) is 35.0. The van der Waals surface area contributed by atoms with Gasteiger partial charge >= 0.3 is 0 Å². The highest BCUT2D eigenvalue weighted by Crippen LogP contribution is 2.22. The van der Waals surface area contributed by atoms with Crippen LogP contribution < -0.4 is 5.32 Å². The number of nitrogens with one attached hydrogen (secondary N) is 1. The lowest BCUT2D eigenvalue weighted by Crippen LogP contribution is -2.28. The first-order chi connectivity index (χ1) is 16.0. The van der Waals surface area contributed by atoms with Crippen molar-refractivity contribution in [2.75, 3.05) is 0 Å². The minimum Gasteiger partial charge on any atom is -0.330 e. The van der Waals surface area contributed by atoms with Crippen LogP contribution >= 0.6 is 0 Å². The van der Waals surface area contributed by atoms with E-state index in [1.165, 1.54) is 0 Å². The predicted molar refractivity (Wildman–Crippen MR) is 135 cm³/mol. The van der Waals surface area contributed by atoms with E-state index in [9.17, 15) is 8.42 Å². The van der Waals surface area contributed by atoms with Crippen LogP contribution in [0, 0.1) is 6.92 Å². The Bertz CT molecular complexity index is 1360. The number of hydrogen-bond donors (Lipinski definition) is 1. The number of nitrogens with zero attached hydrogens (tertiary/aromatic N) is 1. The van der Waals surface area contributed by atoms with Crippen LogP contribution in [0.5, 0.6) is 0 Å². The van der Waals surface area contributed by atoms with Crippen molar-refractivity contribution in [3.63, 3.8) is 0 Å². The molecule has 164 valence electrons. The quantitative estimate of drug-likeness (QED) is 0.283. The van der Waals surface area contributed by atoms with Gasteiger partial charge in [-0.1, -0.05) is 96.6 Å². The van der Waals surface area contributed by atoms with Crippen molar-refractivity contribution in [3.05, 3.63) is 137 Å². The Morgan fingerprint density at radius 1 is 0.727 bits per heavy atom. The van der Waals surface area contributed by atoms with Crippen LogP contribution in [0.15, 0.2) is 130 Å². The van der Waals surface area contributed by atoms with Gasteiger partial charge in [0.05, 0.1) is 10.6 Å². The summed E-state index contributed by atoms with van der Waals surface area (Å²) in [5.74, 6) is 0.447. The largest absolute Gasteiger partial charge is 0.330 e. The van der Waals surface area contributed by atoms with Gasteiger partial charge in [0.15, 0.2) is 0 Å². The summed E-state index contributed by atoms with van der Waals surface area (Å²) in [7, 11) is -3.83. The number of aliphatic imine (C=N–C) groups is 1. The second-order valence-electron chi connectivity index (χ2n) is 7.52. The molecule has 0 heterocycles. The molecule has 4 aromatic carbocycles. The third-order valence-corrected chi connectivity index (χ3v) is 6.70. The zero-order valence-corrected chi connectivity index (χ0v) is 19.0. The van der Waals surface area contributed by atoms with Crippen LogP contribution in [-0.2, 0) is 9.84 Å². The molecule has 0 bridgehead atoms. The van der Waals surface area contributed by atoms with Crippen LogP contribution in [-0.4, -0.2) is 14.3 Å². The van der Waals surface area contributed by atoms with Gasteiger partial charge in [0.2, 0.25) is 9.84 Å². The first kappa shape index (κ1) is 22.2. The number of rotatable bonds is 6. The fourth-order valence-electron chi connectivity index (χ4n) is 3.23. The highest BCUT2D eigenvalue weighted by molar-refractivity contribution is 7.95. The summed E-state index contributed by atoms with van der Waals surface area (Å²) >= 11 is 0. The second kappa shape index (κ2) is 10.1. The Kier molecular flexibility index (Phi) is 6.81. The van der Waals surface area contributed by atoms with Gasteiger partial charge in [-0.05, 0) is 42.8 Å². The lowest BCUT2D eigenvalue weighted by atomic mass is 10.1. The summed E-state index contributed by atoms with van der Waals surface area (Å²) in [5, 5.41) is 3.20. The molecule has 5 heteroatoms. The third-order valence-electron chi connectivity index (χ3n) is 5.00. The average molecular weight is 453 g/mol. The van der Waals surface area contributed by atoms with Gasteiger partial charge < -0.3 is 5.32 Å². The van der Waals surface area contributed by atoms with E-state index in [0.717, 1.165) is 22.4 Å². The molecule has 0 aromatic heterocycles. The minimum atomic E-state index is -3.83. The molecule has 0 atom stereocenters. The normalized spacial score (nSPS) is 12.4. The molecular formula is C28H24N2O2S. The molecule has 4 rings (SSSR count). The molecule has 0 saturated carbocycles. The van der Waals surface area contributed by atoms with Crippen LogP contribution in [0.3, 0.4) is 0 Å². The molecule has 0 radical (unpaired) electrons. The lowest BCUT2D eigenvalue weighted by Gasteiger charge is -2.15. The van der Waals surface area contributed by atoms with E-state index in [4.69, 9.17) is 4.99 Å². The Hall–Kier alpha value is -3.96. The van der Waals surface area contributed by atoms with Gasteiger partial charge in [-0.2, -0.15) is 0 Å². The van der Waals surface area contributed by atoms with E-state index in [1.807, 2.05) is 91.9 Å². The monoisotopic (exact) mass is 452 g/mol. The molecule has 0 saturated heterocycles. The number of sulfone groups is 1. The zero-order chi connectivity index (χ0) is 23.1. The molecule has 0 aliphatic heterocycles. The van der Waals surface area contributed by atoms with Crippen molar-refractivity contribution in [1.29, 1.82) is 0 Å². The Labute approximate surface area is 194 Å². The van der Waals surface area contributed by atoms with E-state index >= 15 is 0 Å². The van der Waals surface area contributed by atoms with E-state index in [1.54, 1.807) is 36.4 Å². The highest BCUT2D eigenvalue weighted by Gasteiger charge is 2.22. The average Bonchev–Trinajstić information content (AvgIpc) is 2.85. The van der Waals surface area contributed by atoms with E-state index < -0.39 is 9.84 Å². The van der Waals surface area contributed by atoms with E-state index in [0.29, 0.717) is 5.84 Å². The number of amidine groups is 1. The summed E-state index contributed by atoms with van der Waals surface area (Å²) < 4.78 is 27.2. The molecule has 33 heavy (non-hydrogen) atoms. The van der Waals surface area contributed by atoms with Gasteiger partial charge in [-0.3, -0.25) is 0 Å². The molecule has 4 aromatic rings. The molecule has 0 unspecified atom stereocenters.